The van der Waals surface area contributed by atoms with Crippen molar-refractivity contribution in [3.8, 4) is 0 Å². The molecule has 0 bridgehead atoms. The molecule has 1 atom stereocenters. The summed E-state index contributed by atoms with van der Waals surface area (Å²) >= 11 is 0. The maximum atomic E-state index is 13.4. The van der Waals surface area contributed by atoms with E-state index in [1.165, 1.54) is 12.1 Å². The van der Waals surface area contributed by atoms with Crippen molar-refractivity contribution < 1.29 is 14.3 Å². The Hall–Kier alpha value is -2.16. The van der Waals surface area contributed by atoms with E-state index in [2.05, 4.69) is 0 Å². The molecule has 0 radical (unpaired) electrons. The fourth-order valence-corrected chi connectivity index (χ4v) is 2.44. The van der Waals surface area contributed by atoms with E-state index in [1.807, 2.05) is 32.0 Å². The molecule has 0 saturated heterocycles. The average Bonchev–Trinajstić information content (AvgIpc) is 2.39. The van der Waals surface area contributed by atoms with E-state index in [0.717, 1.165) is 16.7 Å². The molecule has 0 heterocycles. The zero-order valence-corrected chi connectivity index (χ0v) is 11.6. The van der Waals surface area contributed by atoms with Crippen LogP contribution in [0.4, 0.5) is 4.39 Å². The lowest BCUT2D eigenvalue weighted by Gasteiger charge is -2.19. The van der Waals surface area contributed by atoms with Crippen LogP contribution >= 0.6 is 0 Å². The fraction of sp³-hybridized carbons (Fsp3) is 0.235. The summed E-state index contributed by atoms with van der Waals surface area (Å²) in [6.45, 7) is 3.91. The largest absolute Gasteiger partial charge is 0.481 e. The number of benzene rings is 2. The highest BCUT2D eigenvalue weighted by Crippen LogP contribution is 2.31. The molecule has 2 nitrogen and oxygen atoms in total. The van der Waals surface area contributed by atoms with Crippen LogP contribution in [0.15, 0.2) is 42.5 Å². The Morgan fingerprint density at radius 3 is 2.60 bits per heavy atom. The van der Waals surface area contributed by atoms with Gasteiger partial charge >= 0.3 is 5.97 Å². The number of hydrogen-bond donors (Lipinski definition) is 1. The molecule has 20 heavy (non-hydrogen) atoms. The molecule has 0 aliphatic rings. The summed E-state index contributed by atoms with van der Waals surface area (Å²) < 4.78 is 13.4. The second-order valence-corrected chi connectivity index (χ2v) is 5.07. The van der Waals surface area contributed by atoms with Gasteiger partial charge in [0.15, 0.2) is 0 Å². The van der Waals surface area contributed by atoms with Gasteiger partial charge in [-0.05, 0) is 42.7 Å². The molecule has 0 amide bonds. The first-order valence-electron chi connectivity index (χ1n) is 6.52. The number of aryl methyl sites for hydroxylation is 2. The number of halogens is 1. The average molecular weight is 272 g/mol. The van der Waals surface area contributed by atoms with E-state index in [9.17, 15) is 9.18 Å². The number of carboxylic acid groups (broad SMARTS) is 1. The zero-order chi connectivity index (χ0) is 14.7. The Balaban J connectivity index is 2.52. The summed E-state index contributed by atoms with van der Waals surface area (Å²) in [5.74, 6) is -1.56. The quantitative estimate of drug-likeness (QED) is 0.911. The first-order valence-corrected chi connectivity index (χ1v) is 6.52. The molecule has 2 aromatic rings. The molecule has 104 valence electrons. The normalized spacial score (nSPS) is 12.2. The van der Waals surface area contributed by atoms with Crippen LogP contribution in [0.1, 0.15) is 34.6 Å². The molecule has 3 heteroatoms. The van der Waals surface area contributed by atoms with E-state index in [-0.39, 0.29) is 18.2 Å². The molecular weight excluding hydrogens is 255 g/mol. The van der Waals surface area contributed by atoms with Crippen LogP contribution in [0.2, 0.25) is 0 Å². The summed E-state index contributed by atoms with van der Waals surface area (Å²) in [6, 6.07) is 12.1. The minimum atomic E-state index is -0.889. The Morgan fingerprint density at radius 1 is 1.20 bits per heavy atom. The van der Waals surface area contributed by atoms with Crippen LogP contribution in [0.3, 0.4) is 0 Å². The highest BCUT2D eigenvalue weighted by Gasteiger charge is 2.20. The Morgan fingerprint density at radius 2 is 1.95 bits per heavy atom. The minimum Gasteiger partial charge on any atom is -0.481 e. The van der Waals surface area contributed by atoms with Gasteiger partial charge in [0.25, 0.3) is 0 Å². The summed E-state index contributed by atoms with van der Waals surface area (Å²) in [5, 5.41) is 9.14. The van der Waals surface area contributed by atoms with Crippen LogP contribution in [-0.4, -0.2) is 11.1 Å². The van der Waals surface area contributed by atoms with E-state index in [4.69, 9.17) is 5.11 Å². The standard InChI is InChI=1S/C17H17FO2/c1-11-6-7-12(2)15(8-11)16(10-17(19)20)13-4-3-5-14(18)9-13/h3-9,16H,10H2,1-2H3,(H,19,20). The van der Waals surface area contributed by atoms with Gasteiger partial charge in [0.1, 0.15) is 5.82 Å². The molecule has 1 unspecified atom stereocenters. The van der Waals surface area contributed by atoms with Gasteiger partial charge in [-0.1, -0.05) is 35.9 Å². The van der Waals surface area contributed by atoms with Crippen LogP contribution < -0.4 is 0 Å². The summed E-state index contributed by atoms with van der Waals surface area (Å²) in [4.78, 5) is 11.1. The number of aliphatic carboxylic acids is 1. The van der Waals surface area contributed by atoms with Crippen LogP contribution in [-0.2, 0) is 4.79 Å². The maximum absolute atomic E-state index is 13.4. The SMILES string of the molecule is Cc1ccc(C)c(C(CC(=O)O)c2cccc(F)c2)c1. The third kappa shape index (κ3) is 3.23. The van der Waals surface area contributed by atoms with Gasteiger partial charge in [-0.3, -0.25) is 4.79 Å². The van der Waals surface area contributed by atoms with Crippen molar-refractivity contribution in [3.63, 3.8) is 0 Å². The first-order chi connectivity index (χ1) is 9.47. The zero-order valence-electron chi connectivity index (χ0n) is 11.6. The van der Waals surface area contributed by atoms with Gasteiger partial charge in [0.05, 0.1) is 6.42 Å². The molecule has 0 aliphatic heterocycles. The molecule has 0 fully saturated rings. The Kier molecular flexibility index (Phi) is 4.18. The maximum Gasteiger partial charge on any atom is 0.304 e. The van der Waals surface area contributed by atoms with Crippen molar-refractivity contribution in [1.29, 1.82) is 0 Å². The van der Waals surface area contributed by atoms with Gasteiger partial charge in [-0.25, -0.2) is 4.39 Å². The lowest BCUT2D eigenvalue weighted by atomic mass is 9.85. The molecule has 2 rings (SSSR count). The van der Waals surface area contributed by atoms with Gasteiger partial charge in [-0.15, -0.1) is 0 Å². The smallest absolute Gasteiger partial charge is 0.304 e. The van der Waals surface area contributed by atoms with Crippen LogP contribution in [0.5, 0.6) is 0 Å². The highest BCUT2D eigenvalue weighted by atomic mass is 19.1. The van der Waals surface area contributed by atoms with Gasteiger partial charge in [0.2, 0.25) is 0 Å². The monoisotopic (exact) mass is 272 g/mol. The number of carbonyl (C=O) groups is 1. The molecule has 0 aliphatic carbocycles. The van der Waals surface area contributed by atoms with Gasteiger partial charge in [0, 0.05) is 5.92 Å². The predicted octanol–water partition coefficient (Wildman–Crippen LogP) is 4.05. The fourth-order valence-electron chi connectivity index (χ4n) is 2.44. The van der Waals surface area contributed by atoms with Gasteiger partial charge in [-0.2, -0.15) is 0 Å². The molecule has 1 N–H and O–H groups in total. The van der Waals surface area contributed by atoms with Crippen molar-refractivity contribution in [2.24, 2.45) is 0 Å². The van der Waals surface area contributed by atoms with Crippen LogP contribution in [0.25, 0.3) is 0 Å². The lowest BCUT2D eigenvalue weighted by molar-refractivity contribution is -0.137. The lowest BCUT2D eigenvalue weighted by Crippen LogP contribution is -2.10. The van der Waals surface area contributed by atoms with Crippen molar-refractivity contribution >= 4 is 5.97 Å². The van der Waals surface area contributed by atoms with Crippen molar-refractivity contribution in [2.75, 3.05) is 0 Å². The third-order valence-electron chi connectivity index (χ3n) is 3.44. The Labute approximate surface area is 117 Å². The summed E-state index contributed by atoms with van der Waals surface area (Å²) in [5.41, 5.74) is 3.72. The number of carboxylic acids is 1. The predicted molar refractivity (Wildman–Crippen MR) is 76.4 cm³/mol. The van der Waals surface area contributed by atoms with Crippen LogP contribution in [0, 0.1) is 19.7 Å². The van der Waals surface area contributed by atoms with Crippen molar-refractivity contribution in [3.05, 3.63) is 70.5 Å². The van der Waals surface area contributed by atoms with E-state index >= 15 is 0 Å². The third-order valence-corrected chi connectivity index (χ3v) is 3.44. The van der Waals surface area contributed by atoms with Crippen molar-refractivity contribution in [2.45, 2.75) is 26.2 Å². The van der Waals surface area contributed by atoms with E-state index in [1.54, 1.807) is 12.1 Å². The minimum absolute atomic E-state index is 0.0479. The number of rotatable bonds is 4. The van der Waals surface area contributed by atoms with Crippen molar-refractivity contribution in [1.82, 2.24) is 0 Å². The van der Waals surface area contributed by atoms with E-state index in [0.29, 0.717) is 5.56 Å². The molecule has 0 saturated carbocycles. The summed E-state index contributed by atoms with van der Waals surface area (Å²) in [6.07, 6.45) is -0.0479. The first kappa shape index (κ1) is 14.3. The number of hydrogen-bond acceptors (Lipinski definition) is 1. The second-order valence-electron chi connectivity index (χ2n) is 5.07. The molecular formula is C17H17FO2. The van der Waals surface area contributed by atoms with Gasteiger partial charge < -0.3 is 5.11 Å². The molecule has 0 spiro atoms. The molecule has 2 aromatic carbocycles. The Bertz CT molecular complexity index is 635. The highest BCUT2D eigenvalue weighted by molar-refractivity contribution is 5.69. The topological polar surface area (TPSA) is 37.3 Å². The summed E-state index contributed by atoms with van der Waals surface area (Å²) in [7, 11) is 0. The second kappa shape index (κ2) is 5.87. The molecule has 0 aromatic heterocycles. The van der Waals surface area contributed by atoms with E-state index < -0.39 is 5.97 Å².